The second kappa shape index (κ2) is 7.95. The van der Waals surface area contributed by atoms with Gasteiger partial charge in [-0.25, -0.2) is 0 Å². The lowest BCUT2D eigenvalue weighted by molar-refractivity contribution is -0.121. The molecule has 1 heterocycles. The molecule has 0 unspecified atom stereocenters. The highest BCUT2D eigenvalue weighted by Gasteiger charge is 2.10. The Labute approximate surface area is 135 Å². The van der Waals surface area contributed by atoms with E-state index in [1.165, 1.54) is 4.88 Å². The van der Waals surface area contributed by atoms with Gasteiger partial charge in [0.15, 0.2) is 0 Å². The van der Waals surface area contributed by atoms with Crippen LogP contribution in [0, 0.1) is 0 Å². The molecule has 0 spiro atoms. The van der Waals surface area contributed by atoms with Crippen LogP contribution in [0.3, 0.4) is 0 Å². The first-order chi connectivity index (χ1) is 10.2. The number of aryl methyl sites for hydroxylation is 1. The third-order valence-corrected chi connectivity index (χ3v) is 4.47. The van der Waals surface area contributed by atoms with Crippen molar-refractivity contribution in [3.63, 3.8) is 0 Å². The van der Waals surface area contributed by atoms with Crippen LogP contribution >= 0.6 is 27.3 Å². The van der Waals surface area contributed by atoms with Crippen LogP contribution in [0.5, 0.6) is 0 Å². The minimum absolute atomic E-state index is 0.188. The SMILES string of the molecule is O=C(CCCc1cccs1)NNC(=O)c1ccccc1Br. The van der Waals surface area contributed by atoms with Crippen LogP contribution in [0.2, 0.25) is 0 Å². The average molecular weight is 367 g/mol. The topological polar surface area (TPSA) is 58.2 Å². The van der Waals surface area contributed by atoms with Crippen LogP contribution in [-0.2, 0) is 11.2 Å². The number of carbonyl (C=O) groups is 2. The lowest BCUT2D eigenvalue weighted by Gasteiger charge is -2.08. The van der Waals surface area contributed by atoms with Crippen LogP contribution in [0.25, 0.3) is 0 Å². The molecule has 2 rings (SSSR count). The van der Waals surface area contributed by atoms with E-state index in [1.54, 1.807) is 29.5 Å². The van der Waals surface area contributed by atoms with E-state index < -0.39 is 0 Å². The van der Waals surface area contributed by atoms with Crippen molar-refractivity contribution in [1.29, 1.82) is 0 Å². The van der Waals surface area contributed by atoms with E-state index in [9.17, 15) is 9.59 Å². The summed E-state index contributed by atoms with van der Waals surface area (Å²) in [7, 11) is 0. The van der Waals surface area contributed by atoms with Crippen molar-refractivity contribution in [2.75, 3.05) is 0 Å². The van der Waals surface area contributed by atoms with E-state index in [0.717, 1.165) is 12.8 Å². The number of carbonyl (C=O) groups excluding carboxylic acids is 2. The second-order valence-corrected chi connectivity index (χ2v) is 6.30. The van der Waals surface area contributed by atoms with Crippen molar-refractivity contribution >= 4 is 39.1 Å². The van der Waals surface area contributed by atoms with Gasteiger partial charge in [-0.05, 0) is 52.4 Å². The molecule has 6 heteroatoms. The van der Waals surface area contributed by atoms with Gasteiger partial charge in [-0.15, -0.1) is 11.3 Å². The van der Waals surface area contributed by atoms with Crippen molar-refractivity contribution in [2.45, 2.75) is 19.3 Å². The standard InChI is InChI=1S/C15H15BrN2O2S/c16-13-8-2-1-7-12(13)15(20)18-17-14(19)9-3-5-11-6-4-10-21-11/h1-2,4,6-8,10H,3,5,9H2,(H,17,19)(H,18,20). The van der Waals surface area contributed by atoms with Crippen molar-refractivity contribution in [3.05, 3.63) is 56.7 Å². The van der Waals surface area contributed by atoms with Crippen molar-refractivity contribution < 1.29 is 9.59 Å². The number of benzene rings is 1. The summed E-state index contributed by atoms with van der Waals surface area (Å²) >= 11 is 4.98. The number of thiophene rings is 1. The summed E-state index contributed by atoms with van der Waals surface area (Å²) in [6.45, 7) is 0. The van der Waals surface area contributed by atoms with E-state index in [-0.39, 0.29) is 11.8 Å². The summed E-state index contributed by atoms with van der Waals surface area (Å²) in [4.78, 5) is 24.8. The molecular weight excluding hydrogens is 352 g/mol. The first-order valence-electron chi connectivity index (χ1n) is 6.53. The Morgan fingerprint density at radius 2 is 1.90 bits per heavy atom. The van der Waals surface area contributed by atoms with Crippen LogP contribution in [0.15, 0.2) is 46.3 Å². The van der Waals surface area contributed by atoms with Crippen LogP contribution in [0.4, 0.5) is 0 Å². The predicted octanol–water partition coefficient (Wildman–Crippen LogP) is 3.29. The molecule has 0 atom stereocenters. The third kappa shape index (κ3) is 4.99. The molecule has 0 saturated heterocycles. The van der Waals surface area contributed by atoms with Gasteiger partial charge >= 0.3 is 0 Å². The fourth-order valence-corrected chi connectivity index (χ4v) is 3.00. The molecule has 0 bridgehead atoms. The molecule has 0 aliphatic rings. The number of amides is 2. The molecule has 2 aromatic rings. The Balaban J connectivity index is 1.71. The van der Waals surface area contributed by atoms with Crippen LogP contribution in [-0.4, -0.2) is 11.8 Å². The van der Waals surface area contributed by atoms with Gasteiger partial charge in [0.2, 0.25) is 5.91 Å². The monoisotopic (exact) mass is 366 g/mol. The Morgan fingerprint density at radius 1 is 1.10 bits per heavy atom. The zero-order chi connectivity index (χ0) is 15.1. The zero-order valence-corrected chi connectivity index (χ0v) is 13.7. The van der Waals surface area contributed by atoms with E-state index >= 15 is 0 Å². The smallest absolute Gasteiger partial charge is 0.270 e. The summed E-state index contributed by atoms with van der Waals surface area (Å²) in [5.74, 6) is -0.527. The number of rotatable bonds is 5. The lowest BCUT2D eigenvalue weighted by Crippen LogP contribution is -2.41. The zero-order valence-electron chi connectivity index (χ0n) is 11.3. The summed E-state index contributed by atoms with van der Waals surface area (Å²) in [5, 5.41) is 2.02. The third-order valence-electron chi connectivity index (χ3n) is 2.84. The Morgan fingerprint density at radius 3 is 2.62 bits per heavy atom. The lowest BCUT2D eigenvalue weighted by atomic mass is 10.2. The van der Waals surface area contributed by atoms with Crippen LogP contribution < -0.4 is 10.9 Å². The molecule has 0 saturated carbocycles. The van der Waals surface area contributed by atoms with Crippen molar-refractivity contribution in [2.24, 2.45) is 0 Å². The molecule has 1 aromatic carbocycles. The fraction of sp³-hybridized carbons (Fsp3) is 0.200. The van der Waals surface area contributed by atoms with E-state index in [1.807, 2.05) is 17.5 Å². The molecule has 0 radical (unpaired) electrons. The fourth-order valence-electron chi connectivity index (χ4n) is 1.78. The van der Waals surface area contributed by atoms with Gasteiger partial charge < -0.3 is 0 Å². The quantitative estimate of drug-likeness (QED) is 0.797. The van der Waals surface area contributed by atoms with Gasteiger partial charge in [-0.2, -0.15) is 0 Å². The summed E-state index contributed by atoms with van der Waals surface area (Å²) in [6, 6.07) is 11.1. The largest absolute Gasteiger partial charge is 0.273 e. The molecule has 0 aliphatic carbocycles. The molecule has 0 fully saturated rings. The van der Waals surface area contributed by atoms with Crippen molar-refractivity contribution in [1.82, 2.24) is 10.9 Å². The maximum Gasteiger partial charge on any atom is 0.270 e. The number of nitrogens with one attached hydrogen (secondary N) is 2. The van der Waals surface area contributed by atoms with E-state index in [0.29, 0.717) is 16.5 Å². The first-order valence-corrected chi connectivity index (χ1v) is 8.20. The summed E-state index contributed by atoms with van der Waals surface area (Å²) in [5.41, 5.74) is 5.33. The average Bonchev–Trinajstić information content (AvgIpc) is 2.98. The molecule has 2 N–H and O–H groups in total. The summed E-state index contributed by atoms with van der Waals surface area (Å²) < 4.78 is 0.689. The summed E-state index contributed by atoms with van der Waals surface area (Å²) in [6.07, 6.45) is 2.02. The molecule has 110 valence electrons. The maximum absolute atomic E-state index is 11.9. The number of hydrogen-bond donors (Lipinski definition) is 2. The second-order valence-electron chi connectivity index (χ2n) is 4.42. The van der Waals surface area contributed by atoms with Gasteiger partial charge in [-0.3, -0.25) is 20.4 Å². The van der Waals surface area contributed by atoms with Gasteiger partial charge in [0.05, 0.1) is 5.56 Å². The Hall–Kier alpha value is -1.66. The Bertz CT molecular complexity index is 614. The normalized spacial score (nSPS) is 10.1. The number of halogens is 1. The highest BCUT2D eigenvalue weighted by Crippen LogP contribution is 2.15. The minimum atomic E-state index is -0.339. The van der Waals surface area contributed by atoms with Gasteiger partial charge in [0, 0.05) is 15.8 Å². The van der Waals surface area contributed by atoms with E-state index in [2.05, 4.69) is 32.8 Å². The maximum atomic E-state index is 11.9. The number of hydrogen-bond acceptors (Lipinski definition) is 3. The van der Waals surface area contributed by atoms with Gasteiger partial charge in [-0.1, -0.05) is 18.2 Å². The molecule has 0 aliphatic heterocycles. The molecule has 4 nitrogen and oxygen atoms in total. The van der Waals surface area contributed by atoms with Gasteiger partial charge in [0.1, 0.15) is 0 Å². The number of hydrazine groups is 1. The Kier molecular flexibility index (Phi) is 5.95. The molecular formula is C15H15BrN2O2S. The minimum Gasteiger partial charge on any atom is -0.273 e. The predicted molar refractivity (Wildman–Crippen MR) is 87.0 cm³/mol. The first kappa shape index (κ1) is 15.7. The molecule has 1 aromatic heterocycles. The highest BCUT2D eigenvalue weighted by atomic mass is 79.9. The van der Waals surface area contributed by atoms with Gasteiger partial charge in [0.25, 0.3) is 5.91 Å². The van der Waals surface area contributed by atoms with E-state index in [4.69, 9.17) is 0 Å². The molecule has 21 heavy (non-hydrogen) atoms. The highest BCUT2D eigenvalue weighted by molar-refractivity contribution is 9.10. The van der Waals surface area contributed by atoms with Crippen molar-refractivity contribution in [3.8, 4) is 0 Å². The molecule has 2 amide bonds. The van der Waals surface area contributed by atoms with Crippen LogP contribution in [0.1, 0.15) is 28.1 Å².